The number of fused-ring (bicyclic) bond motifs is 6. The molecule has 6 rings (SSSR count). The molecular formula is C31H25N3O4. The number of ether oxygens (including phenoxy) is 2. The van der Waals surface area contributed by atoms with Crippen molar-refractivity contribution in [2.75, 3.05) is 11.5 Å². The second-order valence-electron chi connectivity index (χ2n) is 10.0. The number of nitriles is 2. The van der Waals surface area contributed by atoms with Crippen LogP contribution < -0.4 is 4.90 Å². The molecule has 38 heavy (non-hydrogen) atoms. The summed E-state index contributed by atoms with van der Waals surface area (Å²) in [7, 11) is 0. The minimum atomic E-state index is -1.01. The Bertz CT molecular complexity index is 1550. The van der Waals surface area contributed by atoms with Gasteiger partial charge in [-0.05, 0) is 24.1 Å². The largest absolute Gasteiger partial charge is 0.377 e. The number of carbonyl (C=O) groups excluding carboxylic acids is 2. The Morgan fingerprint density at radius 1 is 0.842 bits per heavy atom. The highest BCUT2D eigenvalue weighted by Gasteiger charge is 2.73. The fourth-order valence-corrected chi connectivity index (χ4v) is 6.33. The van der Waals surface area contributed by atoms with E-state index in [1.54, 1.807) is 12.1 Å². The number of carbonyl (C=O) groups is 2. The minimum Gasteiger partial charge on any atom is -0.377 e. The third-order valence-corrected chi connectivity index (χ3v) is 8.03. The summed E-state index contributed by atoms with van der Waals surface area (Å²) in [5, 5.41) is 20.2. The fourth-order valence-electron chi connectivity index (χ4n) is 6.33. The summed E-state index contributed by atoms with van der Waals surface area (Å²) in [4.78, 5) is 29.4. The van der Waals surface area contributed by atoms with Crippen LogP contribution in [0.15, 0.2) is 78.9 Å². The Morgan fingerprint density at radius 2 is 1.50 bits per heavy atom. The molecule has 3 aromatic carbocycles. The number of imide groups is 1. The zero-order valence-corrected chi connectivity index (χ0v) is 20.7. The van der Waals surface area contributed by atoms with Gasteiger partial charge in [-0.25, -0.2) is 4.90 Å². The molecule has 7 heteroatoms. The lowest BCUT2D eigenvalue weighted by Crippen LogP contribution is -2.42. The Morgan fingerprint density at radius 3 is 2.18 bits per heavy atom. The van der Waals surface area contributed by atoms with Crippen LogP contribution in [-0.4, -0.2) is 29.6 Å². The van der Waals surface area contributed by atoms with Crippen LogP contribution in [0.25, 0.3) is 10.8 Å². The molecule has 2 bridgehead atoms. The van der Waals surface area contributed by atoms with Gasteiger partial charge >= 0.3 is 0 Å². The molecule has 3 aromatic rings. The summed E-state index contributed by atoms with van der Waals surface area (Å²) < 4.78 is 12.5. The van der Waals surface area contributed by atoms with Gasteiger partial charge in [-0.15, -0.1) is 0 Å². The van der Waals surface area contributed by atoms with Crippen LogP contribution in [-0.2, 0) is 25.7 Å². The summed E-state index contributed by atoms with van der Waals surface area (Å²) >= 11 is 0. The average Bonchev–Trinajstić information content (AvgIpc) is 3.56. The van der Waals surface area contributed by atoms with Crippen molar-refractivity contribution in [2.24, 2.45) is 11.8 Å². The van der Waals surface area contributed by atoms with Crippen LogP contribution in [0.4, 0.5) is 5.69 Å². The molecule has 3 heterocycles. The van der Waals surface area contributed by atoms with E-state index in [-0.39, 0.29) is 18.2 Å². The zero-order valence-electron chi connectivity index (χ0n) is 20.7. The number of hydrogen-bond donors (Lipinski definition) is 0. The van der Waals surface area contributed by atoms with E-state index in [9.17, 15) is 20.1 Å². The molecule has 0 aromatic heterocycles. The van der Waals surface area contributed by atoms with Crippen molar-refractivity contribution in [1.29, 1.82) is 10.5 Å². The van der Waals surface area contributed by atoms with Crippen LogP contribution in [0.3, 0.4) is 0 Å². The van der Waals surface area contributed by atoms with E-state index in [1.165, 1.54) is 4.90 Å². The van der Waals surface area contributed by atoms with Crippen molar-refractivity contribution in [2.45, 2.75) is 37.1 Å². The Kier molecular flexibility index (Phi) is 5.84. The van der Waals surface area contributed by atoms with E-state index in [1.807, 2.05) is 66.7 Å². The molecule has 0 saturated carbocycles. The number of benzene rings is 3. The van der Waals surface area contributed by atoms with Crippen molar-refractivity contribution in [3.63, 3.8) is 0 Å². The Hall–Kier alpha value is -4.30. The van der Waals surface area contributed by atoms with Gasteiger partial charge in [0.2, 0.25) is 11.8 Å². The summed E-state index contributed by atoms with van der Waals surface area (Å²) in [5.74, 6) is -2.09. The molecular weight excluding hydrogens is 478 g/mol. The van der Waals surface area contributed by atoms with E-state index in [0.29, 0.717) is 48.1 Å². The number of amides is 2. The highest BCUT2D eigenvalue weighted by Crippen LogP contribution is 2.60. The average molecular weight is 504 g/mol. The second-order valence-corrected chi connectivity index (χ2v) is 10.0. The maximum absolute atomic E-state index is 14.1. The SMILES string of the molecule is N#CCC[C@]12C=CC(CCOCc3ccccc3)(O1)[C@@H]1C(=O)N(c3ccc(C#N)c4ccccc34)C(=O)[C@@H]12. The normalized spacial score (nSPS) is 27.1. The van der Waals surface area contributed by atoms with Gasteiger partial charge < -0.3 is 9.47 Å². The van der Waals surface area contributed by atoms with E-state index in [0.717, 1.165) is 5.56 Å². The molecule has 0 N–H and O–H groups in total. The highest BCUT2D eigenvalue weighted by molar-refractivity contribution is 6.26. The van der Waals surface area contributed by atoms with E-state index in [2.05, 4.69) is 12.1 Å². The standard InChI is InChI=1S/C31H25N3O4/c32-17-6-13-30-14-15-31(38-30,16-18-37-20-21-7-2-1-3-8-21)27-26(30)28(35)34(29(27)36)25-12-11-22(19-33)23-9-4-5-10-24(23)25/h1-5,7-12,14-15,26-27H,6,13,16,18,20H2/t26-,27+,30-,31?/m1/s1. The molecule has 7 nitrogen and oxygen atoms in total. The summed E-state index contributed by atoms with van der Waals surface area (Å²) in [6.45, 7) is 0.780. The smallest absolute Gasteiger partial charge is 0.241 e. The minimum absolute atomic E-state index is 0.204. The lowest BCUT2D eigenvalue weighted by Gasteiger charge is -2.30. The van der Waals surface area contributed by atoms with E-state index in [4.69, 9.17) is 9.47 Å². The predicted octanol–water partition coefficient (Wildman–Crippen LogP) is 4.81. The van der Waals surface area contributed by atoms with Crippen molar-refractivity contribution < 1.29 is 19.1 Å². The quantitative estimate of drug-likeness (QED) is 0.248. The topological polar surface area (TPSA) is 103 Å². The molecule has 2 amide bonds. The van der Waals surface area contributed by atoms with Crippen molar-refractivity contribution in [3.05, 3.63) is 90.0 Å². The van der Waals surface area contributed by atoms with Gasteiger partial charge in [0.1, 0.15) is 11.2 Å². The maximum atomic E-state index is 14.1. The molecule has 188 valence electrons. The molecule has 3 aliphatic rings. The van der Waals surface area contributed by atoms with Gasteiger partial charge in [-0.2, -0.15) is 10.5 Å². The van der Waals surface area contributed by atoms with Crippen molar-refractivity contribution >= 4 is 28.3 Å². The summed E-state index contributed by atoms with van der Waals surface area (Å²) in [5.41, 5.74) is -0.00295. The Labute approximate surface area is 220 Å². The van der Waals surface area contributed by atoms with Crippen molar-refractivity contribution in [3.8, 4) is 12.1 Å². The van der Waals surface area contributed by atoms with Gasteiger partial charge in [-0.3, -0.25) is 9.59 Å². The first-order chi connectivity index (χ1) is 18.5. The number of hydrogen-bond acceptors (Lipinski definition) is 6. The second kappa shape index (κ2) is 9.22. The zero-order chi connectivity index (χ0) is 26.3. The molecule has 1 unspecified atom stereocenters. The van der Waals surface area contributed by atoms with E-state index < -0.39 is 23.0 Å². The number of nitrogens with zero attached hydrogens (tertiary/aromatic N) is 3. The molecule has 0 aliphatic carbocycles. The fraction of sp³-hybridized carbons (Fsp3) is 0.290. The van der Waals surface area contributed by atoms with E-state index >= 15 is 0 Å². The molecule has 2 saturated heterocycles. The van der Waals surface area contributed by atoms with Gasteiger partial charge in [0, 0.05) is 23.6 Å². The molecule has 2 fully saturated rings. The van der Waals surface area contributed by atoms with Crippen molar-refractivity contribution in [1.82, 2.24) is 0 Å². The van der Waals surface area contributed by atoms with Crippen LogP contribution in [0.2, 0.25) is 0 Å². The first-order valence-corrected chi connectivity index (χ1v) is 12.7. The summed E-state index contributed by atoms with van der Waals surface area (Å²) in [6.07, 6.45) is 4.73. The third-order valence-electron chi connectivity index (χ3n) is 8.03. The monoisotopic (exact) mass is 503 g/mol. The lowest BCUT2D eigenvalue weighted by molar-refractivity contribution is -0.131. The van der Waals surface area contributed by atoms with Gasteiger partial charge in [0.05, 0.1) is 48.4 Å². The third kappa shape index (κ3) is 3.55. The van der Waals surface area contributed by atoms with Crippen LogP contribution in [0, 0.1) is 34.5 Å². The van der Waals surface area contributed by atoms with Gasteiger partial charge in [0.15, 0.2) is 0 Å². The summed E-state index contributed by atoms with van der Waals surface area (Å²) in [6, 6.07) is 24.8. The van der Waals surface area contributed by atoms with Crippen LogP contribution >= 0.6 is 0 Å². The van der Waals surface area contributed by atoms with Crippen LogP contribution in [0.1, 0.15) is 30.4 Å². The molecule has 3 aliphatic heterocycles. The maximum Gasteiger partial charge on any atom is 0.241 e. The Balaban J connectivity index is 1.34. The van der Waals surface area contributed by atoms with Crippen LogP contribution in [0.5, 0.6) is 0 Å². The molecule has 4 atom stereocenters. The predicted molar refractivity (Wildman–Crippen MR) is 139 cm³/mol. The number of rotatable bonds is 8. The lowest BCUT2D eigenvalue weighted by atomic mass is 9.69. The first kappa shape index (κ1) is 24.1. The van der Waals surface area contributed by atoms with Gasteiger partial charge in [0.25, 0.3) is 0 Å². The number of anilines is 1. The molecule has 0 radical (unpaired) electrons. The highest BCUT2D eigenvalue weighted by atomic mass is 16.5. The molecule has 0 spiro atoms. The van der Waals surface area contributed by atoms with Gasteiger partial charge in [-0.1, -0.05) is 66.7 Å². The first-order valence-electron chi connectivity index (χ1n) is 12.7.